The van der Waals surface area contributed by atoms with Crippen molar-refractivity contribution in [1.82, 2.24) is 9.55 Å². The largest absolute Gasteiger partial charge is 0.457 e. The van der Waals surface area contributed by atoms with Crippen molar-refractivity contribution < 1.29 is 9.53 Å². The van der Waals surface area contributed by atoms with Gasteiger partial charge in [-0.2, -0.15) is 0 Å². The quantitative estimate of drug-likeness (QED) is 0.312. The minimum atomic E-state index is -0.156. The van der Waals surface area contributed by atoms with Gasteiger partial charge < -0.3 is 10.1 Å². The van der Waals surface area contributed by atoms with E-state index in [1.165, 1.54) is 11.8 Å². The van der Waals surface area contributed by atoms with Crippen molar-refractivity contribution in [3.8, 4) is 11.5 Å². The number of benzene rings is 3. The number of hydrogen-bond acceptors (Lipinski definition) is 5. The molecule has 0 radical (unpaired) electrons. The second-order valence-electron chi connectivity index (χ2n) is 7.59. The van der Waals surface area contributed by atoms with E-state index in [2.05, 4.69) is 10.3 Å². The molecule has 32 heavy (non-hydrogen) atoms. The third kappa shape index (κ3) is 4.53. The summed E-state index contributed by atoms with van der Waals surface area (Å²) in [6, 6.07) is 24.3. The zero-order valence-electron chi connectivity index (χ0n) is 17.2. The Morgan fingerprint density at radius 2 is 1.66 bits per heavy atom. The molecule has 1 fully saturated rings. The SMILES string of the molecule is O=C(CSc1nc2ccccc2c(=O)n1C1CC1)Nc1ccc(Oc2ccccc2)cc1. The molecule has 5 rings (SSSR count). The molecule has 0 bridgehead atoms. The van der Waals surface area contributed by atoms with Crippen LogP contribution in [0.15, 0.2) is 88.8 Å². The Morgan fingerprint density at radius 1 is 0.969 bits per heavy atom. The van der Waals surface area contributed by atoms with Crippen LogP contribution in [-0.2, 0) is 4.79 Å². The van der Waals surface area contributed by atoms with Crippen LogP contribution in [0.4, 0.5) is 5.69 Å². The summed E-state index contributed by atoms with van der Waals surface area (Å²) >= 11 is 1.29. The Hall–Kier alpha value is -3.58. The van der Waals surface area contributed by atoms with Crippen LogP contribution in [-0.4, -0.2) is 21.2 Å². The van der Waals surface area contributed by atoms with E-state index in [0.717, 1.165) is 18.6 Å². The molecule has 1 saturated carbocycles. The van der Waals surface area contributed by atoms with Crippen molar-refractivity contribution in [3.05, 3.63) is 89.2 Å². The molecule has 1 aliphatic carbocycles. The number of aromatic nitrogens is 2. The van der Waals surface area contributed by atoms with Crippen molar-refractivity contribution in [2.24, 2.45) is 0 Å². The van der Waals surface area contributed by atoms with Gasteiger partial charge in [0.15, 0.2) is 5.16 Å². The fourth-order valence-electron chi connectivity index (χ4n) is 3.44. The predicted octanol–water partition coefficient (Wildman–Crippen LogP) is 5.25. The summed E-state index contributed by atoms with van der Waals surface area (Å²) in [7, 11) is 0. The summed E-state index contributed by atoms with van der Waals surface area (Å²) in [6.45, 7) is 0. The van der Waals surface area contributed by atoms with E-state index in [9.17, 15) is 9.59 Å². The van der Waals surface area contributed by atoms with Crippen LogP contribution in [0.25, 0.3) is 10.9 Å². The number of para-hydroxylation sites is 2. The molecule has 1 N–H and O–H groups in total. The number of carbonyl (C=O) groups excluding carboxylic acids is 1. The molecule has 3 aromatic carbocycles. The summed E-state index contributed by atoms with van der Waals surface area (Å²) in [5.74, 6) is 1.46. The van der Waals surface area contributed by atoms with Crippen LogP contribution in [0.5, 0.6) is 11.5 Å². The summed E-state index contributed by atoms with van der Waals surface area (Å²) in [5.41, 5.74) is 1.31. The first-order chi connectivity index (χ1) is 15.7. The van der Waals surface area contributed by atoms with E-state index >= 15 is 0 Å². The molecule has 1 aliphatic rings. The molecule has 6 nitrogen and oxygen atoms in total. The van der Waals surface area contributed by atoms with Gasteiger partial charge in [0, 0.05) is 11.7 Å². The molecule has 0 saturated heterocycles. The number of ether oxygens (including phenoxy) is 1. The highest BCUT2D eigenvalue weighted by Gasteiger charge is 2.28. The first-order valence-electron chi connectivity index (χ1n) is 10.4. The molecule has 7 heteroatoms. The maximum Gasteiger partial charge on any atom is 0.262 e. The number of nitrogens with one attached hydrogen (secondary N) is 1. The molecule has 0 spiro atoms. The third-order valence-corrected chi connectivity index (χ3v) is 6.09. The van der Waals surface area contributed by atoms with E-state index in [1.54, 1.807) is 22.8 Å². The fourth-order valence-corrected chi connectivity index (χ4v) is 4.31. The van der Waals surface area contributed by atoms with Crippen LogP contribution >= 0.6 is 11.8 Å². The number of nitrogens with zero attached hydrogens (tertiary/aromatic N) is 2. The Labute approximate surface area is 189 Å². The second kappa shape index (κ2) is 8.88. The first kappa shape index (κ1) is 20.3. The van der Waals surface area contributed by atoms with Gasteiger partial charge in [-0.3, -0.25) is 14.2 Å². The number of amides is 1. The van der Waals surface area contributed by atoms with Gasteiger partial charge in [-0.15, -0.1) is 0 Å². The number of thioether (sulfide) groups is 1. The molecule has 0 unspecified atom stereocenters. The van der Waals surface area contributed by atoms with Crippen LogP contribution in [0.3, 0.4) is 0 Å². The molecule has 1 heterocycles. The van der Waals surface area contributed by atoms with Gasteiger partial charge in [0.1, 0.15) is 11.5 Å². The molecular formula is C25H21N3O3S. The van der Waals surface area contributed by atoms with Crippen LogP contribution in [0.1, 0.15) is 18.9 Å². The Bertz CT molecular complexity index is 1320. The number of rotatable bonds is 7. The van der Waals surface area contributed by atoms with Crippen LogP contribution in [0, 0.1) is 0 Å². The zero-order chi connectivity index (χ0) is 21.9. The van der Waals surface area contributed by atoms with Gasteiger partial charge in [-0.05, 0) is 61.4 Å². The van der Waals surface area contributed by atoms with Crippen molar-refractivity contribution in [2.45, 2.75) is 24.0 Å². The maximum atomic E-state index is 12.9. The number of carbonyl (C=O) groups is 1. The molecule has 4 aromatic rings. The molecule has 0 aliphatic heterocycles. The normalized spacial score (nSPS) is 13.1. The van der Waals surface area contributed by atoms with Gasteiger partial charge in [-0.1, -0.05) is 42.1 Å². The van der Waals surface area contributed by atoms with Crippen molar-refractivity contribution in [1.29, 1.82) is 0 Å². The van der Waals surface area contributed by atoms with Crippen LogP contribution < -0.4 is 15.6 Å². The highest BCUT2D eigenvalue weighted by molar-refractivity contribution is 7.99. The van der Waals surface area contributed by atoms with Crippen LogP contribution in [0.2, 0.25) is 0 Å². The summed E-state index contributed by atoms with van der Waals surface area (Å²) in [4.78, 5) is 30.1. The van der Waals surface area contributed by atoms with E-state index < -0.39 is 0 Å². The third-order valence-electron chi connectivity index (χ3n) is 5.14. The fraction of sp³-hybridized carbons (Fsp3) is 0.160. The Morgan fingerprint density at radius 3 is 2.41 bits per heavy atom. The van der Waals surface area contributed by atoms with E-state index in [1.807, 2.05) is 60.7 Å². The summed E-state index contributed by atoms with van der Waals surface area (Å²) < 4.78 is 7.52. The number of anilines is 1. The average molecular weight is 444 g/mol. The van der Waals surface area contributed by atoms with E-state index in [0.29, 0.717) is 27.5 Å². The number of fused-ring (bicyclic) bond motifs is 1. The second-order valence-corrected chi connectivity index (χ2v) is 8.54. The monoisotopic (exact) mass is 443 g/mol. The Kier molecular flexibility index (Phi) is 5.64. The highest BCUT2D eigenvalue weighted by Crippen LogP contribution is 2.36. The molecule has 1 amide bonds. The first-order valence-corrected chi connectivity index (χ1v) is 11.4. The molecule has 160 valence electrons. The van der Waals surface area contributed by atoms with Gasteiger partial charge in [0.05, 0.1) is 16.7 Å². The summed E-state index contributed by atoms with van der Waals surface area (Å²) in [5, 5.41) is 4.10. The van der Waals surface area contributed by atoms with Crippen molar-refractivity contribution in [2.75, 3.05) is 11.1 Å². The topological polar surface area (TPSA) is 73.2 Å². The summed E-state index contributed by atoms with van der Waals surface area (Å²) in [6.07, 6.45) is 1.94. The zero-order valence-corrected chi connectivity index (χ0v) is 18.0. The number of hydrogen-bond donors (Lipinski definition) is 1. The van der Waals surface area contributed by atoms with E-state index in [-0.39, 0.29) is 23.3 Å². The average Bonchev–Trinajstić information content (AvgIpc) is 3.65. The lowest BCUT2D eigenvalue weighted by Crippen LogP contribution is -2.23. The predicted molar refractivity (Wildman–Crippen MR) is 127 cm³/mol. The van der Waals surface area contributed by atoms with Crippen molar-refractivity contribution >= 4 is 34.3 Å². The smallest absolute Gasteiger partial charge is 0.262 e. The highest BCUT2D eigenvalue weighted by atomic mass is 32.2. The lowest BCUT2D eigenvalue weighted by molar-refractivity contribution is -0.113. The minimum absolute atomic E-state index is 0.0324. The lowest BCUT2D eigenvalue weighted by Gasteiger charge is -2.12. The van der Waals surface area contributed by atoms with Gasteiger partial charge in [-0.25, -0.2) is 4.98 Å². The Balaban J connectivity index is 1.25. The van der Waals surface area contributed by atoms with Gasteiger partial charge >= 0.3 is 0 Å². The van der Waals surface area contributed by atoms with E-state index in [4.69, 9.17) is 4.74 Å². The van der Waals surface area contributed by atoms with Crippen molar-refractivity contribution in [3.63, 3.8) is 0 Å². The molecule has 1 aromatic heterocycles. The lowest BCUT2D eigenvalue weighted by atomic mass is 10.2. The minimum Gasteiger partial charge on any atom is -0.457 e. The maximum absolute atomic E-state index is 12.9. The standard InChI is InChI=1S/C25H21N3O3S/c29-23(26-17-10-14-20(15-11-17)31-19-6-2-1-3-7-19)16-32-25-27-22-9-5-4-8-21(22)24(30)28(25)18-12-13-18/h1-11,14-15,18H,12-13,16H2,(H,26,29). The molecule has 0 atom stereocenters. The molecular weight excluding hydrogens is 422 g/mol. The van der Waals surface area contributed by atoms with Gasteiger partial charge in [0.25, 0.3) is 5.56 Å². The van der Waals surface area contributed by atoms with Gasteiger partial charge in [0.2, 0.25) is 5.91 Å².